The third-order valence-corrected chi connectivity index (χ3v) is 5.91. The predicted molar refractivity (Wildman–Crippen MR) is 76.4 cm³/mol. The molecule has 0 bridgehead atoms. The summed E-state index contributed by atoms with van der Waals surface area (Å²) in [5, 5.41) is 20.7. The SMILES string of the molecule is Cc1cccc([N+](=O)[O-])c1S(=O)(=O)N1CCC(C(C)O)C1. The molecule has 21 heavy (non-hydrogen) atoms. The zero-order valence-corrected chi connectivity index (χ0v) is 12.7. The minimum atomic E-state index is -3.93. The van der Waals surface area contributed by atoms with Crippen LogP contribution in [0.5, 0.6) is 0 Å². The number of hydrogen-bond acceptors (Lipinski definition) is 5. The highest BCUT2D eigenvalue weighted by Gasteiger charge is 2.38. The maximum atomic E-state index is 12.7. The van der Waals surface area contributed by atoms with E-state index in [1.165, 1.54) is 16.4 Å². The van der Waals surface area contributed by atoms with Gasteiger partial charge >= 0.3 is 0 Å². The normalized spacial score (nSPS) is 21.4. The van der Waals surface area contributed by atoms with E-state index in [2.05, 4.69) is 0 Å². The van der Waals surface area contributed by atoms with Crippen molar-refractivity contribution >= 4 is 15.7 Å². The van der Waals surface area contributed by atoms with Crippen molar-refractivity contribution < 1.29 is 18.4 Å². The molecule has 8 heteroatoms. The number of nitro benzene ring substituents is 1. The molecule has 1 aromatic rings. The van der Waals surface area contributed by atoms with Crippen LogP contribution in [0.4, 0.5) is 5.69 Å². The van der Waals surface area contributed by atoms with Crippen LogP contribution in [0.3, 0.4) is 0 Å². The van der Waals surface area contributed by atoms with Crippen molar-refractivity contribution in [1.29, 1.82) is 0 Å². The molecule has 0 amide bonds. The Kier molecular flexibility index (Phi) is 4.31. The Morgan fingerprint density at radius 1 is 1.48 bits per heavy atom. The van der Waals surface area contributed by atoms with Gasteiger partial charge in [-0.05, 0) is 31.7 Å². The first-order chi connectivity index (χ1) is 9.75. The van der Waals surface area contributed by atoms with E-state index in [1.807, 2.05) is 0 Å². The second-order valence-electron chi connectivity index (χ2n) is 5.33. The Labute approximate surface area is 123 Å². The summed E-state index contributed by atoms with van der Waals surface area (Å²) in [6, 6.07) is 4.21. The van der Waals surface area contributed by atoms with Gasteiger partial charge in [-0.25, -0.2) is 8.42 Å². The van der Waals surface area contributed by atoms with Crippen LogP contribution in [0.2, 0.25) is 0 Å². The van der Waals surface area contributed by atoms with E-state index >= 15 is 0 Å². The highest BCUT2D eigenvalue weighted by Crippen LogP contribution is 2.33. The van der Waals surface area contributed by atoms with E-state index in [0.717, 1.165) is 0 Å². The predicted octanol–water partition coefficient (Wildman–Crippen LogP) is 1.29. The van der Waals surface area contributed by atoms with Gasteiger partial charge in [-0.3, -0.25) is 10.1 Å². The lowest BCUT2D eigenvalue weighted by Crippen LogP contribution is -2.31. The molecule has 1 aliphatic rings. The molecular formula is C13H18N2O5S. The van der Waals surface area contributed by atoms with Gasteiger partial charge in [-0.2, -0.15) is 4.31 Å². The summed E-state index contributed by atoms with van der Waals surface area (Å²) in [7, 11) is -3.93. The van der Waals surface area contributed by atoms with Crippen molar-refractivity contribution in [2.24, 2.45) is 5.92 Å². The van der Waals surface area contributed by atoms with Gasteiger partial charge in [0.25, 0.3) is 5.69 Å². The fourth-order valence-electron chi connectivity index (χ4n) is 2.61. The van der Waals surface area contributed by atoms with Gasteiger partial charge in [0.1, 0.15) is 0 Å². The molecule has 0 saturated carbocycles. The molecule has 2 atom stereocenters. The van der Waals surface area contributed by atoms with Gasteiger partial charge in [0.05, 0.1) is 11.0 Å². The van der Waals surface area contributed by atoms with Crippen LogP contribution in [-0.4, -0.2) is 41.9 Å². The molecule has 1 N–H and O–H groups in total. The van der Waals surface area contributed by atoms with Crippen LogP contribution < -0.4 is 0 Å². The molecule has 7 nitrogen and oxygen atoms in total. The first-order valence-corrected chi connectivity index (χ1v) is 8.11. The van der Waals surface area contributed by atoms with Gasteiger partial charge in [0.15, 0.2) is 4.90 Å². The number of nitro groups is 1. The Morgan fingerprint density at radius 3 is 2.67 bits per heavy atom. The minimum absolute atomic E-state index is 0.136. The molecule has 1 heterocycles. The summed E-state index contributed by atoms with van der Waals surface area (Å²) in [6.45, 7) is 3.62. The summed E-state index contributed by atoms with van der Waals surface area (Å²) in [5.41, 5.74) is -0.0554. The molecule has 1 aromatic carbocycles. The number of aliphatic hydroxyl groups excluding tert-OH is 1. The number of hydrogen-bond donors (Lipinski definition) is 1. The van der Waals surface area contributed by atoms with Gasteiger partial charge < -0.3 is 5.11 Å². The summed E-state index contributed by atoms with van der Waals surface area (Å²) in [5.74, 6) is -0.136. The van der Waals surface area contributed by atoms with Crippen LogP contribution >= 0.6 is 0 Å². The number of nitrogens with zero attached hydrogens (tertiary/aromatic N) is 2. The molecule has 116 valence electrons. The fourth-order valence-corrected chi connectivity index (χ4v) is 4.48. The summed E-state index contributed by atoms with van der Waals surface area (Å²) >= 11 is 0. The molecule has 2 rings (SSSR count). The van der Waals surface area contributed by atoms with Crippen LogP contribution in [0.25, 0.3) is 0 Å². The molecule has 1 saturated heterocycles. The Morgan fingerprint density at radius 2 is 2.14 bits per heavy atom. The smallest absolute Gasteiger partial charge is 0.289 e. The van der Waals surface area contributed by atoms with Crippen molar-refractivity contribution in [3.63, 3.8) is 0 Å². The average Bonchev–Trinajstić information content (AvgIpc) is 2.88. The van der Waals surface area contributed by atoms with Gasteiger partial charge in [0.2, 0.25) is 10.0 Å². The third-order valence-electron chi connectivity index (χ3n) is 3.86. The van der Waals surface area contributed by atoms with Gasteiger partial charge in [-0.15, -0.1) is 0 Å². The lowest BCUT2D eigenvalue weighted by atomic mass is 10.0. The molecule has 1 fully saturated rings. The Hall–Kier alpha value is -1.51. The largest absolute Gasteiger partial charge is 0.393 e. The number of rotatable bonds is 4. The quantitative estimate of drug-likeness (QED) is 0.666. The maximum Gasteiger partial charge on any atom is 0.289 e. The van der Waals surface area contributed by atoms with Crippen molar-refractivity contribution in [3.8, 4) is 0 Å². The maximum absolute atomic E-state index is 12.7. The molecule has 2 unspecified atom stereocenters. The average molecular weight is 314 g/mol. The molecule has 0 spiro atoms. The van der Waals surface area contributed by atoms with Gasteiger partial charge in [-0.1, -0.05) is 12.1 Å². The monoisotopic (exact) mass is 314 g/mol. The van der Waals surface area contributed by atoms with Crippen LogP contribution in [0.15, 0.2) is 23.1 Å². The van der Waals surface area contributed by atoms with Crippen LogP contribution in [0.1, 0.15) is 18.9 Å². The molecule has 0 aromatic heterocycles. The number of benzene rings is 1. The molecule has 0 aliphatic carbocycles. The van der Waals surface area contributed by atoms with E-state index in [0.29, 0.717) is 12.0 Å². The lowest BCUT2D eigenvalue weighted by molar-refractivity contribution is -0.387. The Bertz CT molecular complexity index is 657. The summed E-state index contributed by atoms with van der Waals surface area (Å²) in [6.07, 6.45) is -0.0478. The first-order valence-electron chi connectivity index (χ1n) is 6.67. The highest BCUT2D eigenvalue weighted by molar-refractivity contribution is 7.89. The summed E-state index contributed by atoms with van der Waals surface area (Å²) < 4.78 is 26.6. The van der Waals surface area contributed by atoms with E-state index in [1.54, 1.807) is 19.9 Å². The second kappa shape index (κ2) is 5.70. The molecule has 0 radical (unpaired) electrons. The Balaban J connectivity index is 2.44. The molecule has 1 aliphatic heterocycles. The zero-order valence-electron chi connectivity index (χ0n) is 11.9. The fraction of sp³-hybridized carbons (Fsp3) is 0.538. The van der Waals surface area contributed by atoms with Crippen molar-refractivity contribution in [1.82, 2.24) is 4.31 Å². The summed E-state index contributed by atoms with van der Waals surface area (Å²) in [4.78, 5) is 10.2. The van der Waals surface area contributed by atoms with E-state index < -0.39 is 26.7 Å². The zero-order chi connectivity index (χ0) is 15.8. The van der Waals surface area contributed by atoms with E-state index in [4.69, 9.17) is 0 Å². The van der Waals surface area contributed by atoms with E-state index in [9.17, 15) is 23.6 Å². The highest BCUT2D eigenvalue weighted by atomic mass is 32.2. The van der Waals surface area contributed by atoms with Gasteiger partial charge in [0, 0.05) is 19.2 Å². The second-order valence-corrected chi connectivity index (χ2v) is 7.21. The third kappa shape index (κ3) is 2.92. The lowest BCUT2D eigenvalue weighted by Gasteiger charge is -2.18. The van der Waals surface area contributed by atoms with Crippen molar-refractivity contribution in [2.45, 2.75) is 31.3 Å². The van der Waals surface area contributed by atoms with Crippen LogP contribution in [-0.2, 0) is 10.0 Å². The number of aliphatic hydroxyl groups is 1. The van der Waals surface area contributed by atoms with Crippen LogP contribution in [0, 0.1) is 23.0 Å². The van der Waals surface area contributed by atoms with Crippen molar-refractivity contribution in [3.05, 3.63) is 33.9 Å². The standard InChI is InChI=1S/C13H18N2O5S/c1-9-4-3-5-12(15(17)18)13(9)21(19,20)14-7-6-11(8-14)10(2)16/h3-5,10-11,16H,6-8H2,1-2H3. The van der Waals surface area contributed by atoms with Crippen molar-refractivity contribution in [2.75, 3.05) is 13.1 Å². The number of aryl methyl sites for hydroxylation is 1. The topological polar surface area (TPSA) is 101 Å². The molecular weight excluding hydrogens is 296 g/mol. The van der Waals surface area contributed by atoms with E-state index in [-0.39, 0.29) is 23.9 Å². The first kappa shape index (κ1) is 15.9. The minimum Gasteiger partial charge on any atom is -0.393 e. The number of sulfonamides is 1.